The SMILES string of the molecule is CNC1(CN)CC(C)(C)OC1(C)C. The van der Waals surface area contributed by atoms with Crippen LogP contribution in [0.15, 0.2) is 0 Å². The van der Waals surface area contributed by atoms with E-state index in [1.807, 2.05) is 7.05 Å². The van der Waals surface area contributed by atoms with Crippen molar-refractivity contribution in [2.24, 2.45) is 5.73 Å². The van der Waals surface area contributed by atoms with Gasteiger partial charge >= 0.3 is 0 Å². The Bertz CT molecular complexity index is 195. The van der Waals surface area contributed by atoms with Crippen LogP contribution in [-0.2, 0) is 4.74 Å². The lowest BCUT2D eigenvalue weighted by Gasteiger charge is -2.38. The number of hydrogen-bond donors (Lipinski definition) is 2. The van der Waals surface area contributed by atoms with Gasteiger partial charge in [0.05, 0.1) is 16.7 Å². The summed E-state index contributed by atoms with van der Waals surface area (Å²) >= 11 is 0. The largest absolute Gasteiger partial charge is 0.368 e. The van der Waals surface area contributed by atoms with Crippen molar-refractivity contribution in [3.8, 4) is 0 Å². The van der Waals surface area contributed by atoms with Crippen molar-refractivity contribution in [2.45, 2.75) is 50.9 Å². The summed E-state index contributed by atoms with van der Waals surface area (Å²) in [6, 6.07) is 0. The molecule has 1 rings (SSSR count). The number of ether oxygens (including phenoxy) is 1. The summed E-state index contributed by atoms with van der Waals surface area (Å²) < 4.78 is 5.99. The number of rotatable bonds is 2. The highest BCUT2D eigenvalue weighted by atomic mass is 16.5. The van der Waals surface area contributed by atoms with Crippen LogP contribution in [0, 0.1) is 0 Å². The fourth-order valence-electron chi connectivity index (χ4n) is 2.57. The molecular formula is C10H22N2O. The quantitative estimate of drug-likeness (QED) is 0.673. The molecule has 3 heteroatoms. The Labute approximate surface area is 81.0 Å². The maximum Gasteiger partial charge on any atom is 0.0827 e. The van der Waals surface area contributed by atoms with Gasteiger partial charge in [-0.25, -0.2) is 0 Å². The van der Waals surface area contributed by atoms with Crippen molar-refractivity contribution in [1.82, 2.24) is 5.32 Å². The average molecular weight is 186 g/mol. The van der Waals surface area contributed by atoms with Gasteiger partial charge in [-0.2, -0.15) is 0 Å². The van der Waals surface area contributed by atoms with Crippen molar-refractivity contribution >= 4 is 0 Å². The van der Waals surface area contributed by atoms with Crippen molar-refractivity contribution in [3.05, 3.63) is 0 Å². The molecule has 13 heavy (non-hydrogen) atoms. The Morgan fingerprint density at radius 3 is 2.00 bits per heavy atom. The molecule has 3 N–H and O–H groups in total. The van der Waals surface area contributed by atoms with Gasteiger partial charge in [0, 0.05) is 6.54 Å². The van der Waals surface area contributed by atoms with Crippen LogP contribution >= 0.6 is 0 Å². The van der Waals surface area contributed by atoms with Crippen LogP contribution in [0.4, 0.5) is 0 Å². The van der Waals surface area contributed by atoms with E-state index in [1.165, 1.54) is 0 Å². The third kappa shape index (κ3) is 1.60. The standard InChI is InChI=1S/C10H22N2O/c1-8(2)6-10(7-11,12-5)9(3,4)13-8/h12H,6-7,11H2,1-5H3. The minimum Gasteiger partial charge on any atom is -0.368 e. The summed E-state index contributed by atoms with van der Waals surface area (Å²) in [5.74, 6) is 0. The molecule has 0 aromatic heterocycles. The van der Waals surface area contributed by atoms with Crippen LogP contribution in [0.1, 0.15) is 34.1 Å². The molecule has 1 heterocycles. The number of nitrogens with two attached hydrogens (primary N) is 1. The minimum atomic E-state index is -0.194. The molecule has 1 aliphatic rings. The third-order valence-corrected chi connectivity index (χ3v) is 3.24. The normalized spacial score (nSPS) is 36.5. The van der Waals surface area contributed by atoms with Crippen LogP contribution in [0.5, 0.6) is 0 Å². The smallest absolute Gasteiger partial charge is 0.0827 e. The molecule has 1 fully saturated rings. The second kappa shape index (κ2) is 2.94. The molecule has 0 spiro atoms. The topological polar surface area (TPSA) is 47.3 Å². The van der Waals surface area contributed by atoms with Crippen molar-refractivity contribution < 1.29 is 4.74 Å². The fraction of sp³-hybridized carbons (Fsp3) is 1.00. The molecule has 3 nitrogen and oxygen atoms in total. The van der Waals surface area contributed by atoms with Gasteiger partial charge < -0.3 is 15.8 Å². The minimum absolute atomic E-state index is 0.0775. The monoisotopic (exact) mass is 186 g/mol. The molecule has 0 aromatic rings. The predicted molar refractivity (Wildman–Crippen MR) is 54.7 cm³/mol. The summed E-state index contributed by atoms with van der Waals surface area (Å²) in [7, 11) is 1.96. The van der Waals surface area contributed by atoms with Crippen LogP contribution in [0.2, 0.25) is 0 Å². The first-order valence-electron chi connectivity index (χ1n) is 4.88. The van der Waals surface area contributed by atoms with E-state index < -0.39 is 0 Å². The molecule has 1 saturated heterocycles. The van der Waals surface area contributed by atoms with E-state index in [-0.39, 0.29) is 16.7 Å². The summed E-state index contributed by atoms with van der Waals surface area (Å²) in [6.45, 7) is 9.04. The lowest BCUT2D eigenvalue weighted by molar-refractivity contribution is -0.0811. The van der Waals surface area contributed by atoms with Crippen LogP contribution in [0.25, 0.3) is 0 Å². The van der Waals surface area contributed by atoms with E-state index in [4.69, 9.17) is 10.5 Å². The molecule has 1 unspecified atom stereocenters. The van der Waals surface area contributed by atoms with Gasteiger partial charge in [-0.1, -0.05) is 0 Å². The maximum atomic E-state index is 5.99. The van der Waals surface area contributed by atoms with Gasteiger partial charge in [0.2, 0.25) is 0 Å². The Morgan fingerprint density at radius 2 is 1.85 bits per heavy atom. The lowest BCUT2D eigenvalue weighted by Crippen LogP contribution is -2.60. The van der Waals surface area contributed by atoms with Crippen LogP contribution < -0.4 is 11.1 Å². The van der Waals surface area contributed by atoms with Gasteiger partial charge in [0.1, 0.15) is 0 Å². The van der Waals surface area contributed by atoms with Gasteiger partial charge in [0.25, 0.3) is 0 Å². The number of hydrogen-bond acceptors (Lipinski definition) is 3. The van der Waals surface area contributed by atoms with E-state index in [9.17, 15) is 0 Å². The molecule has 0 saturated carbocycles. The first kappa shape index (κ1) is 11.0. The van der Waals surface area contributed by atoms with E-state index in [0.29, 0.717) is 6.54 Å². The van der Waals surface area contributed by atoms with Crippen molar-refractivity contribution in [3.63, 3.8) is 0 Å². The molecule has 0 aliphatic carbocycles. The van der Waals surface area contributed by atoms with Crippen LogP contribution in [-0.4, -0.2) is 30.3 Å². The van der Waals surface area contributed by atoms with Gasteiger partial charge in [-0.05, 0) is 41.2 Å². The summed E-state index contributed by atoms with van der Waals surface area (Å²) in [6.07, 6.45) is 0.958. The molecule has 1 atom stereocenters. The average Bonchev–Trinajstić information content (AvgIpc) is 2.15. The summed E-state index contributed by atoms with van der Waals surface area (Å²) in [5.41, 5.74) is 5.47. The molecular weight excluding hydrogens is 164 g/mol. The van der Waals surface area contributed by atoms with E-state index in [2.05, 4.69) is 33.0 Å². The first-order valence-corrected chi connectivity index (χ1v) is 4.88. The van der Waals surface area contributed by atoms with Crippen molar-refractivity contribution in [2.75, 3.05) is 13.6 Å². The predicted octanol–water partition coefficient (Wildman–Crippen LogP) is 0.881. The first-order chi connectivity index (χ1) is 5.79. The zero-order valence-electron chi connectivity index (χ0n) is 9.40. The Balaban J connectivity index is 2.98. The molecule has 1 aliphatic heterocycles. The van der Waals surface area contributed by atoms with Crippen molar-refractivity contribution in [1.29, 1.82) is 0 Å². The Morgan fingerprint density at radius 1 is 1.31 bits per heavy atom. The molecule has 0 amide bonds. The van der Waals surface area contributed by atoms with E-state index in [0.717, 1.165) is 6.42 Å². The van der Waals surface area contributed by atoms with Gasteiger partial charge in [-0.3, -0.25) is 0 Å². The molecule has 78 valence electrons. The highest BCUT2D eigenvalue weighted by molar-refractivity contribution is 5.11. The number of likely N-dealkylation sites (N-methyl/N-ethyl adjacent to an activating group) is 1. The Kier molecular flexibility index (Phi) is 2.48. The Hall–Kier alpha value is -0.120. The second-order valence-corrected chi connectivity index (χ2v) is 5.09. The maximum absolute atomic E-state index is 5.99. The number of nitrogens with one attached hydrogen (secondary N) is 1. The highest BCUT2D eigenvalue weighted by Gasteiger charge is 2.55. The van der Waals surface area contributed by atoms with Gasteiger partial charge in [0.15, 0.2) is 0 Å². The summed E-state index contributed by atoms with van der Waals surface area (Å²) in [4.78, 5) is 0. The van der Waals surface area contributed by atoms with Gasteiger partial charge in [-0.15, -0.1) is 0 Å². The highest BCUT2D eigenvalue weighted by Crippen LogP contribution is 2.44. The molecule has 0 bridgehead atoms. The van der Waals surface area contributed by atoms with E-state index >= 15 is 0 Å². The third-order valence-electron chi connectivity index (χ3n) is 3.24. The molecule has 0 aromatic carbocycles. The van der Waals surface area contributed by atoms with Crippen LogP contribution in [0.3, 0.4) is 0 Å². The second-order valence-electron chi connectivity index (χ2n) is 5.09. The van der Waals surface area contributed by atoms with E-state index in [1.54, 1.807) is 0 Å². The zero-order chi connectivity index (χ0) is 10.3. The zero-order valence-corrected chi connectivity index (χ0v) is 9.40. The summed E-state index contributed by atoms with van der Waals surface area (Å²) in [5, 5.41) is 3.32. The lowest BCUT2D eigenvalue weighted by atomic mass is 9.79. The molecule has 0 radical (unpaired) electrons. The fourth-order valence-corrected chi connectivity index (χ4v) is 2.57.